The Hall–Kier alpha value is -1.20. The lowest BCUT2D eigenvalue weighted by Gasteiger charge is -2.33. The number of carboxylic acids is 1. The van der Waals surface area contributed by atoms with Crippen LogP contribution in [0.5, 0.6) is 0 Å². The monoisotopic (exact) mass is 313 g/mol. The van der Waals surface area contributed by atoms with Gasteiger partial charge in [-0.15, -0.1) is 11.8 Å². The Morgan fingerprint density at radius 2 is 1.95 bits per heavy atom. The SMILES string of the molecule is CC(Sc1ccc(Cl)cc1)C(=O)NC1CC(C(=O)O)C1. The Kier molecular flexibility index (Phi) is 4.94. The molecule has 6 heteroatoms. The van der Waals surface area contributed by atoms with Gasteiger partial charge in [-0.2, -0.15) is 0 Å². The van der Waals surface area contributed by atoms with Gasteiger partial charge in [0, 0.05) is 16.0 Å². The summed E-state index contributed by atoms with van der Waals surface area (Å²) in [6.45, 7) is 1.84. The van der Waals surface area contributed by atoms with Gasteiger partial charge in [0.1, 0.15) is 0 Å². The van der Waals surface area contributed by atoms with E-state index in [0.717, 1.165) is 4.90 Å². The molecule has 108 valence electrons. The van der Waals surface area contributed by atoms with Crippen molar-refractivity contribution in [2.45, 2.75) is 36.0 Å². The van der Waals surface area contributed by atoms with Gasteiger partial charge in [-0.25, -0.2) is 0 Å². The van der Waals surface area contributed by atoms with E-state index < -0.39 is 5.97 Å². The van der Waals surface area contributed by atoms with Crippen LogP contribution in [0.4, 0.5) is 0 Å². The van der Waals surface area contributed by atoms with Crippen LogP contribution in [0.2, 0.25) is 5.02 Å². The van der Waals surface area contributed by atoms with Crippen LogP contribution >= 0.6 is 23.4 Å². The Morgan fingerprint density at radius 3 is 2.50 bits per heavy atom. The number of aliphatic carboxylic acids is 1. The first kappa shape index (κ1) is 15.2. The van der Waals surface area contributed by atoms with E-state index in [9.17, 15) is 9.59 Å². The number of nitrogens with one attached hydrogen (secondary N) is 1. The number of carbonyl (C=O) groups excluding carboxylic acids is 1. The lowest BCUT2D eigenvalue weighted by molar-refractivity contribution is -0.146. The number of carbonyl (C=O) groups is 2. The number of hydrogen-bond acceptors (Lipinski definition) is 3. The molecule has 1 aromatic carbocycles. The summed E-state index contributed by atoms with van der Waals surface area (Å²) in [5.74, 6) is -1.14. The van der Waals surface area contributed by atoms with E-state index in [-0.39, 0.29) is 23.1 Å². The van der Waals surface area contributed by atoms with Crippen molar-refractivity contribution in [1.82, 2.24) is 5.32 Å². The number of halogens is 1. The van der Waals surface area contributed by atoms with E-state index in [1.807, 2.05) is 19.1 Å². The van der Waals surface area contributed by atoms with Crippen molar-refractivity contribution in [3.8, 4) is 0 Å². The standard InChI is InChI=1S/C14H16ClNO3S/c1-8(20-12-4-2-10(15)3-5-12)13(17)16-11-6-9(7-11)14(18)19/h2-5,8-9,11H,6-7H2,1H3,(H,16,17)(H,18,19). The second-order valence-corrected chi connectivity index (χ2v) is 6.78. The van der Waals surface area contributed by atoms with Gasteiger partial charge >= 0.3 is 5.97 Å². The van der Waals surface area contributed by atoms with Crippen molar-refractivity contribution >= 4 is 35.2 Å². The molecule has 1 amide bonds. The molecule has 2 N–H and O–H groups in total. The largest absolute Gasteiger partial charge is 0.481 e. The van der Waals surface area contributed by atoms with Crippen molar-refractivity contribution in [2.24, 2.45) is 5.92 Å². The Morgan fingerprint density at radius 1 is 1.35 bits per heavy atom. The fraction of sp³-hybridized carbons (Fsp3) is 0.429. The predicted octanol–water partition coefficient (Wildman–Crippen LogP) is 2.80. The highest BCUT2D eigenvalue weighted by Gasteiger charge is 2.35. The van der Waals surface area contributed by atoms with Crippen LogP contribution < -0.4 is 5.32 Å². The maximum absolute atomic E-state index is 12.0. The number of benzene rings is 1. The van der Waals surface area contributed by atoms with E-state index in [1.54, 1.807) is 12.1 Å². The Labute approximate surface area is 126 Å². The highest BCUT2D eigenvalue weighted by molar-refractivity contribution is 8.00. The molecule has 1 fully saturated rings. The summed E-state index contributed by atoms with van der Waals surface area (Å²) in [6.07, 6.45) is 1.05. The Bertz CT molecular complexity index is 500. The van der Waals surface area contributed by atoms with Crippen LogP contribution in [0.1, 0.15) is 19.8 Å². The van der Waals surface area contributed by atoms with E-state index in [2.05, 4.69) is 5.32 Å². The van der Waals surface area contributed by atoms with Crippen molar-refractivity contribution in [3.05, 3.63) is 29.3 Å². The average Bonchev–Trinajstić information content (AvgIpc) is 2.35. The molecule has 0 bridgehead atoms. The van der Waals surface area contributed by atoms with Crippen molar-refractivity contribution in [2.75, 3.05) is 0 Å². The second kappa shape index (κ2) is 6.50. The minimum atomic E-state index is -0.779. The summed E-state index contributed by atoms with van der Waals surface area (Å²) in [6, 6.07) is 7.33. The summed E-state index contributed by atoms with van der Waals surface area (Å²) < 4.78 is 0. The summed E-state index contributed by atoms with van der Waals surface area (Å²) in [5, 5.41) is 12.1. The van der Waals surface area contributed by atoms with Gasteiger partial charge in [0.05, 0.1) is 11.2 Å². The minimum Gasteiger partial charge on any atom is -0.481 e. The first-order valence-corrected chi connectivity index (χ1v) is 7.67. The highest BCUT2D eigenvalue weighted by atomic mass is 35.5. The van der Waals surface area contributed by atoms with Crippen molar-refractivity contribution in [3.63, 3.8) is 0 Å². The molecule has 4 nitrogen and oxygen atoms in total. The number of thioether (sulfide) groups is 1. The molecular formula is C14H16ClNO3S. The fourth-order valence-corrected chi connectivity index (χ4v) is 3.03. The third-order valence-corrected chi connectivity index (χ3v) is 4.69. The lowest BCUT2D eigenvalue weighted by atomic mass is 9.80. The smallest absolute Gasteiger partial charge is 0.306 e. The van der Waals surface area contributed by atoms with Crippen LogP contribution in [-0.4, -0.2) is 28.3 Å². The number of rotatable bonds is 5. The maximum Gasteiger partial charge on any atom is 0.306 e. The lowest BCUT2D eigenvalue weighted by Crippen LogP contribution is -2.48. The topological polar surface area (TPSA) is 66.4 Å². The molecule has 0 spiro atoms. The van der Waals surface area contributed by atoms with Crippen LogP contribution in [0, 0.1) is 5.92 Å². The van der Waals surface area contributed by atoms with Crippen LogP contribution in [0.15, 0.2) is 29.2 Å². The zero-order chi connectivity index (χ0) is 14.7. The molecule has 0 aromatic heterocycles. The van der Waals surface area contributed by atoms with E-state index >= 15 is 0 Å². The molecule has 20 heavy (non-hydrogen) atoms. The van der Waals surface area contributed by atoms with Gasteiger partial charge in [-0.1, -0.05) is 11.6 Å². The maximum atomic E-state index is 12.0. The quantitative estimate of drug-likeness (QED) is 0.820. The summed E-state index contributed by atoms with van der Waals surface area (Å²) in [5.41, 5.74) is 0. The van der Waals surface area contributed by atoms with Gasteiger partial charge in [-0.05, 0) is 44.0 Å². The van der Waals surface area contributed by atoms with Crippen LogP contribution in [0.25, 0.3) is 0 Å². The van der Waals surface area contributed by atoms with Gasteiger partial charge in [-0.3, -0.25) is 9.59 Å². The molecule has 1 aliphatic rings. The van der Waals surface area contributed by atoms with E-state index in [0.29, 0.717) is 17.9 Å². The molecule has 1 saturated carbocycles. The molecular weight excluding hydrogens is 298 g/mol. The normalized spacial score (nSPS) is 22.7. The molecule has 0 saturated heterocycles. The van der Waals surface area contributed by atoms with Crippen molar-refractivity contribution < 1.29 is 14.7 Å². The third-order valence-electron chi connectivity index (χ3n) is 3.33. The molecule has 1 aliphatic carbocycles. The highest BCUT2D eigenvalue weighted by Crippen LogP contribution is 2.29. The van der Waals surface area contributed by atoms with Gasteiger partial charge in [0.25, 0.3) is 0 Å². The predicted molar refractivity (Wildman–Crippen MR) is 79.1 cm³/mol. The first-order chi connectivity index (χ1) is 9.45. The minimum absolute atomic E-state index is 0.00290. The molecule has 0 radical (unpaired) electrons. The summed E-state index contributed by atoms with van der Waals surface area (Å²) in [7, 11) is 0. The summed E-state index contributed by atoms with van der Waals surface area (Å²) >= 11 is 7.27. The molecule has 1 atom stereocenters. The van der Waals surface area contributed by atoms with E-state index in [1.165, 1.54) is 11.8 Å². The van der Waals surface area contributed by atoms with Gasteiger partial charge in [0.2, 0.25) is 5.91 Å². The van der Waals surface area contributed by atoms with Gasteiger partial charge < -0.3 is 10.4 Å². The third kappa shape index (κ3) is 3.90. The molecule has 1 aromatic rings. The number of hydrogen-bond donors (Lipinski definition) is 2. The van der Waals surface area contributed by atoms with E-state index in [4.69, 9.17) is 16.7 Å². The second-order valence-electron chi connectivity index (χ2n) is 4.93. The van der Waals surface area contributed by atoms with Crippen molar-refractivity contribution in [1.29, 1.82) is 0 Å². The summed E-state index contributed by atoms with van der Waals surface area (Å²) in [4.78, 5) is 23.7. The van der Waals surface area contributed by atoms with Crippen LogP contribution in [0.3, 0.4) is 0 Å². The number of carboxylic acid groups (broad SMARTS) is 1. The molecule has 0 heterocycles. The molecule has 0 aliphatic heterocycles. The number of amides is 1. The first-order valence-electron chi connectivity index (χ1n) is 6.41. The zero-order valence-electron chi connectivity index (χ0n) is 11.0. The zero-order valence-corrected chi connectivity index (χ0v) is 12.6. The molecule has 2 rings (SSSR count). The van der Waals surface area contributed by atoms with Crippen LogP contribution in [-0.2, 0) is 9.59 Å². The fourth-order valence-electron chi connectivity index (χ4n) is 2.03. The Balaban J connectivity index is 1.78. The average molecular weight is 314 g/mol. The molecule has 1 unspecified atom stereocenters. The van der Waals surface area contributed by atoms with Gasteiger partial charge in [0.15, 0.2) is 0 Å².